The van der Waals surface area contributed by atoms with Gasteiger partial charge in [0.15, 0.2) is 0 Å². The first-order chi connectivity index (χ1) is 9.06. The van der Waals surface area contributed by atoms with E-state index in [4.69, 9.17) is 0 Å². The number of carbonyl (C=O) groups is 1. The lowest BCUT2D eigenvalue weighted by molar-refractivity contribution is 0.0950. The van der Waals surface area contributed by atoms with Crippen LogP contribution in [0.2, 0.25) is 0 Å². The first-order valence-corrected chi connectivity index (χ1v) is 6.33. The summed E-state index contributed by atoms with van der Waals surface area (Å²) in [6.45, 7) is 2.45. The minimum absolute atomic E-state index is 0.169. The Kier molecular flexibility index (Phi) is 4.22. The monoisotopic (exact) mass is 275 g/mol. The maximum Gasteiger partial charge on any atom is 0.251 e. The zero-order chi connectivity index (χ0) is 13.8. The van der Waals surface area contributed by atoms with Gasteiger partial charge in [-0.1, -0.05) is 29.8 Å². The average molecular weight is 275 g/mol. The molecule has 0 aliphatic heterocycles. The molecule has 2 nitrogen and oxygen atoms in total. The van der Waals surface area contributed by atoms with Crippen molar-refractivity contribution in [2.75, 3.05) is 0 Å². The van der Waals surface area contributed by atoms with Gasteiger partial charge in [-0.3, -0.25) is 4.79 Å². The Balaban J connectivity index is 2.01. The van der Waals surface area contributed by atoms with Gasteiger partial charge in [-0.25, -0.2) is 4.39 Å². The number of rotatable bonds is 3. The number of carbonyl (C=O) groups excluding carboxylic acids is 1. The lowest BCUT2D eigenvalue weighted by Gasteiger charge is -2.06. The Labute approximate surface area is 117 Å². The number of amides is 1. The number of hydrogen-bond donors (Lipinski definition) is 2. The van der Waals surface area contributed by atoms with E-state index in [-0.39, 0.29) is 10.8 Å². The fourth-order valence-electron chi connectivity index (χ4n) is 1.64. The van der Waals surface area contributed by atoms with Crippen molar-refractivity contribution in [3.63, 3.8) is 0 Å². The van der Waals surface area contributed by atoms with E-state index in [0.717, 1.165) is 5.56 Å². The van der Waals surface area contributed by atoms with Crippen LogP contribution in [-0.2, 0) is 6.54 Å². The van der Waals surface area contributed by atoms with Crippen LogP contribution in [0.25, 0.3) is 0 Å². The number of halogens is 1. The molecular weight excluding hydrogens is 261 g/mol. The summed E-state index contributed by atoms with van der Waals surface area (Å²) in [5, 5.41) is 2.79. The Morgan fingerprint density at radius 3 is 2.53 bits per heavy atom. The molecule has 1 amide bonds. The van der Waals surface area contributed by atoms with Crippen LogP contribution in [0.15, 0.2) is 47.4 Å². The van der Waals surface area contributed by atoms with Crippen molar-refractivity contribution in [1.82, 2.24) is 5.32 Å². The third kappa shape index (κ3) is 3.58. The largest absolute Gasteiger partial charge is 0.348 e. The van der Waals surface area contributed by atoms with E-state index in [1.54, 1.807) is 0 Å². The van der Waals surface area contributed by atoms with Crippen molar-refractivity contribution in [2.24, 2.45) is 0 Å². The van der Waals surface area contributed by atoms with Gasteiger partial charge in [-0.2, -0.15) is 0 Å². The molecule has 0 spiro atoms. The quantitative estimate of drug-likeness (QED) is 0.826. The van der Waals surface area contributed by atoms with E-state index in [2.05, 4.69) is 17.9 Å². The number of thiol groups is 1. The molecule has 0 unspecified atom stereocenters. The second kappa shape index (κ2) is 5.89. The lowest BCUT2D eigenvalue weighted by atomic mass is 10.1. The van der Waals surface area contributed by atoms with Crippen molar-refractivity contribution in [1.29, 1.82) is 0 Å². The van der Waals surface area contributed by atoms with Crippen LogP contribution in [0.4, 0.5) is 4.39 Å². The number of benzene rings is 2. The van der Waals surface area contributed by atoms with Crippen molar-refractivity contribution in [3.8, 4) is 0 Å². The first-order valence-electron chi connectivity index (χ1n) is 5.88. The van der Waals surface area contributed by atoms with Gasteiger partial charge in [-0.15, -0.1) is 12.6 Å². The van der Waals surface area contributed by atoms with E-state index in [1.165, 1.54) is 23.8 Å². The molecule has 4 heteroatoms. The van der Waals surface area contributed by atoms with Gasteiger partial charge in [0.25, 0.3) is 5.91 Å². The van der Waals surface area contributed by atoms with E-state index in [0.29, 0.717) is 12.1 Å². The number of aryl methyl sites for hydroxylation is 1. The maximum atomic E-state index is 13.0. The Morgan fingerprint density at radius 2 is 1.89 bits per heavy atom. The Bertz CT molecular complexity index is 596. The van der Waals surface area contributed by atoms with Crippen LogP contribution in [-0.4, -0.2) is 5.91 Å². The first kappa shape index (κ1) is 13.6. The number of nitrogens with one attached hydrogen (secondary N) is 1. The van der Waals surface area contributed by atoms with Gasteiger partial charge in [-0.05, 0) is 30.7 Å². The van der Waals surface area contributed by atoms with Crippen LogP contribution < -0.4 is 5.32 Å². The summed E-state index contributed by atoms with van der Waals surface area (Å²) in [5.41, 5.74) is 2.60. The molecule has 2 rings (SSSR count). The minimum atomic E-state index is -0.432. The molecule has 1 N–H and O–H groups in total. The molecule has 0 aliphatic carbocycles. The Hall–Kier alpha value is -1.81. The minimum Gasteiger partial charge on any atom is -0.348 e. The third-order valence-corrected chi connectivity index (χ3v) is 3.12. The van der Waals surface area contributed by atoms with Crippen LogP contribution >= 0.6 is 12.6 Å². The Morgan fingerprint density at radius 1 is 1.21 bits per heavy atom. The second-order valence-electron chi connectivity index (χ2n) is 4.33. The normalized spacial score (nSPS) is 10.3. The average Bonchev–Trinajstić information content (AvgIpc) is 2.41. The highest BCUT2D eigenvalue weighted by Gasteiger charge is 2.07. The fourth-order valence-corrected chi connectivity index (χ4v) is 1.86. The van der Waals surface area contributed by atoms with Gasteiger partial charge >= 0.3 is 0 Å². The van der Waals surface area contributed by atoms with Crippen molar-refractivity contribution in [3.05, 3.63) is 65.0 Å². The van der Waals surface area contributed by atoms with Crippen molar-refractivity contribution >= 4 is 18.5 Å². The summed E-state index contributed by atoms with van der Waals surface area (Å²) in [7, 11) is 0. The predicted molar refractivity (Wildman–Crippen MR) is 76.0 cm³/mol. The van der Waals surface area contributed by atoms with Crippen LogP contribution in [0.1, 0.15) is 21.5 Å². The zero-order valence-corrected chi connectivity index (χ0v) is 11.4. The van der Waals surface area contributed by atoms with Crippen LogP contribution in [0.3, 0.4) is 0 Å². The molecule has 2 aromatic carbocycles. The van der Waals surface area contributed by atoms with Gasteiger partial charge in [0, 0.05) is 17.0 Å². The van der Waals surface area contributed by atoms with E-state index in [9.17, 15) is 9.18 Å². The van der Waals surface area contributed by atoms with Gasteiger partial charge < -0.3 is 5.32 Å². The van der Waals surface area contributed by atoms with Crippen molar-refractivity contribution < 1.29 is 9.18 Å². The molecule has 0 saturated heterocycles. The van der Waals surface area contributed by atoms with Crippen molar-refractivity contribution in [2.45, 2.75) is 18.4 Å². The summed E-state index contributed by atoms with van der Waals surface area (Å²) < 4.78 is 13.0. The summed E-state index contributed by atoms with van der Waals surface area (Å²) >= 11 is 3.96. The highest BCUT2D eigenvalue weighted by molar-refractivity contribution is 7.80. The van der Waals surface area contributed by atoms with E-state index in [1.807, 2.05) is 31.2 Å². The molecule has 0 radical (unpaired) electrons. The summed E-state index contributed by atoms with van der Waals surface area (Å²) in [4.78, 5) is 12.1. The molecule has 0 bridgehead atoms. The van der Waals surface area contributed by atoms with Crippen LogP contribution in [0.5, 0.6) is 0 Å². The van der Waals surface area contributed by atoms with Gasteiger partial charge in [0.2, 0.25) is 0 Å². The molecule has 2 aromatic rings. The molecule has 19 heavy (non-hydrogen) atoms. The molecule has 0 aromatic heterocycles. The molecule has 0 saturated carbocycles. The zero-order valence-electron chi connectivity index (χ0n) is 10.5. The molecule has 0 fully saturated rings. The fraction of sp³-hybridized carbons (Fsp3) is 0.133. The molecule has 98 valence electrons. The standard InChI is InChI=1S/C15H14FNOS/c1-10-2-4-11(5-3-10)9-17-15(18)12-6-7-13(16)14(19)8-12/h2-8,19H,9H2,1H3,(H,17,18). The molecular formula is C15H14FNOS. The topological polar surface area (TPSA) is 29.1 Å². The third-order valence-electron chi connectivity index (χ3n) is 2.78. The lowest BCUT2D eigenvalue weighted by Crippen LogP contribution is -2.22. The summed E-state index contributed by atoms with van der Waals surface area (Å²) in [5.74, 6) is -0.672. The van der Waals surface area contributed by atoms with Gasteiger partial charge in [0.05, 0.1) is 0 Å². The summed E-state index contributed by atoms with van der Waals surface area (Å²) in [6, 6.07) is 12.0. The second-order valence-corrected chi connectivity index (χ2v) is 4.82. The highest BCUT2D eigenvalue weighted by Crippen LogP contribution is 2.14. The summed E-state index contributed by atoms with van der Waals surface area (Å²) in [6.07, 6.45) is 0. The predicted octanol–water partition coefficient (Wildman–Crippen LogP) is 3.35. The van der Waals surface area contributed by atoms with Gasteiger partial charge in [0.1, 0.15) is 5.82 Å². The number of hydrogen-bond acceptors (Lipinski definition) is 2. The SMILES string of the molecule is Cc1ccc(CNC(=O)c2ccc(F)c(S)c2)cc1. The molecule has 0 atom stereocenters. The van der Waals surface area contributed by atoms with Crippen LogP contribution in [0, 0.1) is 12.7 Å². The van der Waals surface area contributed by atoms with E-state index >= 15 is 0 Å². The molecule has 0 aliphatic rings. The molecule has 0 heterocycles. The van der Waals surface area contributed by atoms with E-state index < -0.39 is 5.82 Å². The highest BCUT2D eigenvalue weighted by atomic mass is 32.1. The maximum absolute atomic E-state index is 13.0. The smallest absolute Gasteiger partial charge is 0.251 e.